The van der Waals surface area contributed by atoms with E-state index in [9.17, 15) is 14.3 Å². The third-order valence-corrected chi connectivity index (χ3v) is 4.78. The number of imidazole rings is 1. The minimum Gasteiger partial charge on any atom is -0.393 e. The van der Waals surface area contributed by atoms with E-state index in [4.69, 9.17) is 17.3 Å². The average molecular weight is 382 g/mol. The van der Waals surface area contributed by atoms with Gasteiger partial charge in [0.15, 0.2) is 5.67 Å². The predicted molar refractivity (Wildman–Crippen MR) is 99.7 cm³/mol. The van der Waals surface area contributed by atoms with Gasteiger partial charge >= 0.3 is 0 Å². The van der Waals surface area contributed by atoms with Crippen molar-refractivity contribution in [3.63, 3.8) is 0 Å². The number of aromatic amines is 1. The molecular weight excluding hydrogens is 357 g/mol. The van der Waals surface area contributed by atoms with Crippen LogP contribution in [0.3, 0.4) is 0 Å². The molecule has 0 bridgehead atoms. The zero-order valence-corrected chi connectivity index (χ0v) is 15.5. The minimum atomic E-state index is -2.09. The number of carbonyl (C=O) groups excluding carboxylic acids is 1. The number of hydrogen-bond donors (Lipinski definition) is 3. The van der Waals surface area contributed by atoms with Crippen LogP contribution in [-0.2, 0) is 11.2 Å². The standard InChI is InChI=1S/C19H25ClFN3O2/c1-19(21,18(22)26)10-9-14(17-23-12-16(20)24-17)11-15(25)8-7-13-5-3-2-4-6-13/h2-6,12,14-15,25H,7-11H2,1H3,(H2,22,26)(H,23,24)/t14-,15+,19?/m1/s1. The van der Waals surface area contributed by atoms with Gasteiger partial charge in [-0.3, -0.25) is 4.79 Å². The summed E-state index contributed by atoms with van der Waals surface area (Å²) in [5.74, 6) is -0.657. The first-order valence-electron chi connectivity index (χ1n) is 8.69. The Balaban J connectivity index is 1.98. The molecular formula is C19H25ClFN3O2. The summed E-state index contributed by atoms with van der Waals surface area (Å²) >= 11 is 5.89. The number of hydrogen-bond acceptors (Lipinski definition) is 3. The van der Waals surface area contributed by atoms with Gasteiger partial charge in [0.25, 0.3) is 5.91 Å². The fraction of sp³-hybridized carbons (Fsp3) is 0.474. The Bertz CT molecular complexity index is 706. The van der Waals surface area contributed by atoms with Gasteiger partial charge < -0.3 is 15.8 Å². The van der Waals surface area contributed by atoms with E-state index in [1.165, 1.54) is 13.1 Å². The lowest BCUT2D eigenvalue weighted by Gasteiger charge is -2.22. The topological polar surface area (TPSA) is 92.0 Å². The van der Waals surface area contributed by atoms with Gasteiger partial charge in [-0.15, -0.1) is 0 Å². The molecule has 0 aliphatic rings. The number of aliphatic hydroxyl groups is 1. The van der Waals surface area contributed by atoms with Crippen molar-refractivity contribution in [2.45, 2.75) is 56.7 Å². The van der Waals surface area contributed by atoms with Gasteiger partial charge in [0, 0.05) is 5.92 Å². The Labute approximate surface area is 157 Å². The maximum atomic E-state index is 14.2. The van der Waals surface area contributed by atoms with Gasteiger partial charge in [-0.05, 0) is 44.6 Å². The van der Waals surface area contributed by atoms with E-state index < -0.39 is 17.7 Å². The van der Waals surface area contributed by atoms with Gasteiger partial charge in [0.1, 0.15) is 11.0 Å². The summed E-state index contributed by atoms with van der Waals surface area (Å²) in [7, 11) is 0. The summed E-state index contributed by atoms with van der Waals surface area (Å²) in [4.78, 5) is 18.3. The van der Waals surface area contributed by atoms with Crippen molar-refractivity contribution >= 4 is 17.5 Å². The highest BCUT2D eigenvalue weighted by molar-refractivity contribution is 6.29. The maximum absolute atomic E-state index is 14.2. The lowest BCUT2D eigenvalue weighted by atomic mass is 9.89. The zero-order chi connectivity index (χ0) is 19.2. The predicted octanol–water partition coefficient (Wildman–Crippen LogP) is 3.52. The van der Waals surface area contributed by atoms with Crippen molar-refractivity contribution in [1.82, 2.24) is 9.97 Å². The van der Waals surface area contributed by atoms with Crippen LogP contribution in [-0.4, -0.2) is 32.8 Å². The molecule has 0 fully saturated rings. The van der Waals surface area contributed by atoms with Crippen molar-refractivity contribution in [2.24, 2.45) is 5.73 Å². The van der Waals surface area contributed by atoms with Crippen LogP contribution in [0.1, 0.15) is 49.9 Å². The van der Waals surface area contributed by atoms with E-state index in [2.05, 4.69) is 9.97 Å². The van der Waals surface area contributed by atoms with Crippen LogP contribution < -0.4 is 5.73 Å². The molecule has 4 N–H and O–H groups in total. The second-order valence-corrected chi connectivity index (χ2v) is 7.23. The molecule has 2 aromatic rings. The van der Waals surface area contributed by atoms with Gasteiger partial charge in [-0.1, -0.05) is 41.9 Å². The molecule has 7 heteroatoms. The summed E-state index contributed by atoms with van der Waals surface area (Å²) < 4.78 is 14.2. The molecule has 1 aromatic carbocycles. The summed E-state index contributed by atoms with van der Waals surface area (Å²) in [6.07, 6.45) is 2.89. The molecule has 0 saturated heterocycles. The van der Waals surface area contributed by atoms with Crippen LogP contribution in [0, 0.1) is 0 Å². The molecule has 0 saturated carbocycles. The number of alkyl halides is 1. The molecule has 0 aliphatic carbocycles. The second-order valence-electron chi connectivity index (χ2n) is 6.83. The summed E-state index contributed by atoms with van der Waals surface area (Å²) in [5, 5.41) is 10.8. The van der Waals surface area contributed by atoms with Crippen LogP contribution >= 0.6 is 11.6 Å². The molecule has 1 unspecified atom stereocenters. The summed E-state index contributed by atoms with van der Waals surface area (Å²) in [6, 6.07) is 9.89. The largest absolute Gasteiger partial charge is 0.393 e. The molecule has 5 nitrogen and oxygen atoms in total. The highest BCUT2D eigenvalue weighted by atomic mass is 35.5. The van der Waals surface area contributed by atoms with Gasteiger partial charge in [-0.2, -0.15) is 0 Å². The first kappa shape index (κ1) is 20.4. The Morgan fingerprint density at radius 3 is 2.65 bits per heavy atom. The number of aliphatic hydroxyl groups excluding tert-OH is 1. The number of nitrogens with zero attached hydrogens (tertiary/aromatic N) is 1. The van der Waals surface area contributed by atoms with Gasteiger partial charge in [0.2, 0.25) is 0 Å². The number of rotatable bonds is 10. The number of nitrogens with one attached hydrogen (secondary N) is 1. The van der Waals surface area contributed by atoms with E-state index in [1.807, 2.05) is 30.3 Å². The molecule has 2 rings (SSSR count). The van der Waals surface area contributed by atoms with Crippen molar-refractivity contribution in [3.05, 3.63) is 53.1 Å². The van der Waals surface area contributed by atoms with Crippen LogP contribution in [0.25, 0.3) is 0 Å². The average Bonchev–Trinajstić information content (AvgIpc) is 3.04. The van der Waals surface area contributed by atoms with Gasteiger partial charge in [-0.25, -0.2) is 9.37 Å². The molecule has 0 spiro atoms. The van der Waals surface area contributed by atoms with Crippen molar-refractivity contribution in [1.29, 1.82) is 0 Å². The first-order valence-corrected chi connectivity index (χ1v) is 9.07. The molecule has 1 amide bonds. The van der Waals surface area contributed by atoms with Crippen LogP contribution in [0.2, 0.25) is 5.15 Å². The molecule has 1 heterocycles. The molecule has 0 aliphatic heterocycles. The fourth-order valence-corrected chi connectivity index (χ4v) is 3.03. The summed E-state index contributed by atoms with van der Waals surface area (Å²) in [6.45, 7) is 1.17. The van der Waals surface area contributed by atoms with Crippen LogP contribution in [0.5, 0.6) is 0 Å². The smallest absolute Gasteiger partial charge is 0.254 e. The number of aromatic nitrogens is 2. The fourth-order valence-electron chi connectivity index (χ4n) is 2.88. The third-order valence-electron chi connectivity index (χ3n) is 4.59. The minimum absolute atomic E-state index is 0.0449. The lowest BCUT2D eigenvalue weighted by molar-refractivity contribution is -0.128. The number of halogens is 2. The van der Waals surface area contributed by atoms with Crippen molar-refractivity contribution < 1.29 is 14.3 Å². The van der Waals surface area contributed by atoms with Crippen LogP contribution in [0.15, 0.2) is 36.5 Å². The summed E-state index contributed by atoms with van der Waals surface area (Å²) in [5.41, 5.74) is 4.16. The number of nitrogens with two attached hydrogens (primary N) is 1. The van der Waals surface area contributed by atoms with E-state index in [0.29, 0.717) is 30.2 Å². The quantitative estimate of drug-likeness (QED) is 0.587. The first-order chi connectivity index (χ1) is 12.3. The van der Waals surface area contributed by atoms with E-state index >= 15 is 0 Å². The number of amides is 1. The third kappa shape index (κ3) is 6.11. The Morgan fingerprint density at radius 2 is 2.08 bits per heavy atom. The number of H-pyrrole nitrogens is 1. The van der Waals surface area contributed by atoms with E-state index in [0.717, 1.165) is 12.0 Å². The van der Waals surface area contributed by atoms with Crippen molar-refractivity contribution in [2.75, 3.05) is 0 Å². The Morgan fingerprint density at radius 1 is 1.38 bits per heavy atom. The van der Waals surface area contributed by atoms with Gasteiger partial charge in [0.05, 0.1) is 12.3 Å². The highest BCUT2D eigenvalue weighted by Gasteiger charge is 2.32. The van der Waals surface area contributed by atoms with Crippen LogP contribution in [0.4, 0.5) is 4.39 Å². The molecule has 142 valence electrons. The molecule has 1 aromatic heterocycles. The number of primary amides is 1. The number of aryl methyl sites for hydroxylation is 1. The maximum Gasteiger partial charge on any atom is 0.254 e. The van der Waals surface area contributed by atoms with E-state index in [1.54, 1.807) is 0 Å². The Hall–Kier alpha value is -1.92. The normalized spacial score (nSPS) is 16.0. The monoisotopic (exact) mass is 381 g/mol. The number of benzene rings is 1. The lowest BCUT2D eigenvalue weighted by Crippen LogP contribution is -2.37. The SMILES string of the molecule is CC(F)(CC[C@H](C[C@@H](O)CCc1ccccc1)c1ncc(Cl)[nH]1)C(N)=O. The Kier molecular flexibility index (Phi) is 7.17. The molecule has 3 atom stereocenters. The second kappa shape index (κ2) is 9.14. The molecule has 26 heavy (non-hydrogen) atoms. The zero-order valence-electron chi connectivity index (χ0n) is 14.8. The highest BCUT2D eigenvalue weighted by Crippen LogP contribution is 2.30. The van der Waals surface area contributed by atoms with Crippen molar-refractivity contribution in [3.8, 4) is 0 Å². The molecule has 0 radical (unpaired) electrons. The number of carbonyl (C=O) groups is 1. The van der Waals surface area contributed by atoms with E-state index in [-0.39, 0.29) is 12.3 Å².